The van der Waals surface area contributed by atoms with Crippen LogP contribution in [0, 0.1) is 0 Å². The Morgan fingerprint density at radius 3 is 1.94 bits per heavy atom. The van der Waals surface area contributed by atoms with E-state index in [9.17, 15) is 0 Å². The minimum absolute atomic E-state index is 0.160. The summed E-state index contributed by atoms with van der Waals surface area (Å²) in [6, 6.07) is 37.4. The SMILES string of the molecule is CN(C)Cc1ccccc1-c1cccc(C(c2ccccc2-c2ccccc2)N(C)C)c1. The van der Waals surface area contributed by atoms with Gasteiger partial charge in [-0.2, -0.15) is 0 Å². The van der Waals surface area contributed by atoms with Gasteiger partial charge in [0.25, 0.3) is 0 Å². The van der Waals surface area contributed by atoms with Crippen LogP contribution in [0.3, 0.4) is 0 Å². The normalized spacial score (nSPS) is 12.3. The molecule has 0 fully saturated rings. The molecule has 1 unspecified atom stereocenters. The van der Waals surface area contributed by atoms with Crippen LogP contribution >= 0.6 is 0 Å². The van der Waals surface area contributed by atoms with Gasteiger partial charge in [0.05, 0.1) is 6.04 Å². The van der Waals surface area contributed by atoms with Crippen LogP contribution in [0.5, 0.6) is 0 Å². The summed E-state index contributed by atoms with van der Waals surface area (Å²) in [5.41, 5.74) is 9.08. The molecule has 0 aliphatic heterocycles. The van der Waals surface area contributed by atoms with E-state index in [1.54, 1.807) is 0 Å². The summed E-state index contributed by atoms with van der Waals surface area (Å²) < 4.78 is 0. The third-order valence-corrected chi connectivity index (χ3v) is 5.87. The molecule has 0 bridgehead atoms. The number of benzene rings is 4. The molecule has 4 aromatic rings. The summed E-state index contributed by atoms with van der Waals surface area (Å²) in [5, 5.41) is 0. The van der Waals surface area contributed by atoms with Crippen LogP contribution in [0.15, 0.2) is 103 Å². The van der Waals surface area contributed by atoms with E-state index < -0.39 is 0 Å². The number of rotatable bonds is 7. The van der Waals surface area contributed by atoms with E-state index in [4.69, 9.17) is 0 Å². The lowest BCUT2D eigenvalue weighted by atomic mass is 9.88. The monoisotopic (exact) mass is 420 g/mol. The van der Waals surface area contributed by atoms with Crippen molar-refractivity contribution in [3.05, 3.63) is 120 Å². The highest BCUT2D eigenvalue weighted by Gasteiger charge is 2.21. The highest BCUT2D eigenvalue weighted by molar-refractivity contribution is 5.71. The first kappa shape index (κ1) is 22.0. The smallest absolute Gasteiger partial charge is 0.0603 e. The zero-order chi connectivity index (χ0) is 22.5. The van der Waals surface area contributed by atoms with Gasteiger partial charge in [-0.15, -0.1) is 0 Å². The van der Waals surface area contributed by atoms with Crippen molar-refractivity contribution in [2.24, 2.45) is 0 Å². The van der Waals surface area contributed by atoms with Gasteiger partial charge < -0.3 is 4.90 Å². The first-order chi connectivity index (χ1) is 15.5. The van der Waals surface area contributed by atoms with Crippen LogP contribution in [-0.4, -0.2) is 38.0 Å². The molecule has 32 heavy (non-hydrogen) atoms. The second-order valence-electron chi connectivity index (χ2n) is 8.84. The van der Waals surface area contributed by atoms with Crippen LogP contribution in [0.2, 0.25) is 0 Å². The van der Waals surface area contributed by atoms with E-state index in [0.29, 0.717) is 0 Å². The maximum atomic E-state index is 2.36. The lowest BCUT2D eigenvalue weighted by Gasteiger charge is -2.28. The molecule has 4 aromatic carbocycles. The topological polar surface area (TPSA) is 6.48 Å². The number of nitrogens with zero attached hydrogens (tertiary/aromatic N) is 2. The summed E-state index contributed by atoms with van der Waals surface area (Å²) in [6.45, 7) is 0.925. The molecule has 162 valence electrons. The molecular formula is C30H32N2. The molecule has 0 saturated heterocycles. The molecule has 0 aliphatic carbocycles. The first-order valence-electron chi connectivity index (χ1n) is 11.2. The van der Waals surface area contributed by atoms with E-state index in [0.717, 1.165) is 6.54 Å². The third kappa shape index (κ3) is 4.83. The average molecular weight is 421 g/mol. The van der Waals surface area contributed by atoms with Gasteiger partial charge in [-0.3, -0.25) is 4.90 Å². The highest BCUT2D eigenvalue weighted by atomic mass is 15.1. The van der Waals surface area contributed by atoms with E-state index in [-0.39, 0.29) is 6.04 Å². The van der Waals surface area contributed by atoms with Crippen molar-refractivity contribution in [3.63, 3.8) is 0 Å². The maximum Gasteiger partial charge on any atom is 0.0603 e. The highest BCUT2D eigenvalue weighted by Crippen LogP contribution is 2.36. The molecule has 0 aliphatic rings. The Bertz CT molecular complexity index is 1160. The maximum absolute atomic E-state index is 2.36. The fourth-order valence-corrected chi connectivity index (χ4v) is 4.53. The van der Waals surface area contributed by atoms with Crippen molar-refractivity contribution in [2.75, 3.05) is 28.2 Å². The van der Waals surface area contributed by atoms with Crippen LogP contribution in [0.25, 0.3) is 22.3 Å². The van der Waals surface area contributed by atoms with Crippen LogP contribution in [-0.2, 0) is 6.54 Å². The second-order valence-corrected chi connectivity index (χ2v) is 8.84. The Balaban J connectivity index is 1.81. The molecule has 4 rings (SSSR count). The summed E-state index contributed by atoms with van der Waals surface area (Å²) in [7, 11) is 8.57. The van der Waals surface area contributed by atoms with Gasteiger partial charge in [0, 0.05) is 6.54 Å². The first-order valence-corrected chi connectivity index (χ1v) is 11.2. The molecule has 0 N–H and O–H groups in total. The molecule has 1 atom stereocenters. The van der Waals surface area contributed by atoms with Gasteiger partial charge in [0.15, 0.2) is 0 Å². The Kier molecular flexibility index (Phi) is 6.84. The predicted octanol–water partition coefficient (Wildman–Crippen LogP) is 6.73. The zero-order valence-electron chi connectivity index (χ0n) is 19.5. The summed E-state index contributed by atoms with van der Waals surface area (Å²) in [5.74, 6) is 0. The van der Waals surface area contributed by atoms with Gasteiger partial charge in [0.1, 0.15) is 0 Å². The van der Waals surface area contributed by atoms with Crippen LogP contribution < -0.4 is 0 Å². The number of hydrogen-bond acceptors (Lipinski definition) is 2. The fraction of sp³-hybridized carbons (Fsp3) is 0.200. The van der Waals surface area contributed by atoms with Crippen molar-refractivity contribution in [1.82, 2.24) is 9.80 Å². The second kappa shape index (κ2) is 9.95. The standard InChI is InChI=1S/C30H32N2/c1-31(2)22-26-15-8-9-18-27(26)24-16-12-17-25(21-24)30(32(3)4)29-20-11-10-19-28(29)23-13-6-5-7-14-23/h5-21,30H,22H2,1-4H3. The molecule has 0 saturated carbocycles. The molecule has 2 heteroatoms. The third-order valence-electron chi connectivity index (χ3n) is 5.87. The van der Waals surface area contributed by atoms with Crippen molar-refractivity contribution < 1.29 is 0 Å². The van der Waals surface area contributed by atoms with Crippen molar-refractivity contribution in [1.29, 1.82) is 0 Å². The van der Waals surface area contributed by atoms with Crippen LogP contribution in [0.1, 0.15) is 22.7 Å². The fourth-order valence-electron chi connectivity index (χ4n) is 4.53. The molecule has 2 nitrogen and oxygen atoms in total. The van der Waals surface area contributed by atoms with Crippen molar-refractivity contribution >= 4 is 0 Å². The number of hydrogen-bond donors (Lipinski definition) is 0. The van der Waals surface area contributed by atoms with Crippen molar-refractivity contribution in [3.8, 4) is 22.3 Å². The molecule has 0 heterocycles. The molecule has 0 radical (unpaired) electrons. The minimum Gasteiger partial charge on any atom is -0.305 e. The Morgan fingerprint density at radius 2 is 1.22 bits per heavy atom. The van der Waals surface area contributed by atoms with Gasteiger partial charge >= 0.3 is 0 Å². The van der Waals surface area contributed by atoms with Gasteiger partial charge in [-0.05, 0) is 73.2 Å². The van der Waals surface area contributed by atoms with E-state index in [2.05, 4.69) is 141 Å². The summed E-state index contributed by atoms with van der Waals surface area (Å²) in [6.07, 6.45) is 0. The Hall–Kier alpha value is -3.20. The molecule has 0 aromatic heterocycles. The minimum atomic E-state index is 0.160. The Labute approximate surface area is 192 Å². The average Bonchev–Trinajstić information content (AvgIpc) is 2.80. The Morgan fingerprint density at radius 1 is 0.594 bits per heavy atom. The lowest BCUT2D eigenvalue weighted by molar-refractivity contribution is 0.343. The molecular weight excluding hydrogens is 388 g/mol. The lowest BCUT2D eigenvalue weighted by Crippen LogP contribution is -2.21. The van der Waals surface area contributed by atoms with Gasteiger partial charge in [-0.25, -0.2) is 0 Å². The van der Waals surface area contributed by atoms with Gasteiger partial charge in [-0.1, -0.05) is 97.1 Å². The molecule has 0 amide bonds. The van der Waals surface area contributed by atoms with Crippen molar-refractivity contribution in [2.45, 2.75) is 12.6 Å². The van der Waals surface area contributed by atoms with E-state index in [1.807, 2.05) is 0 Å². The van der Waals surface area contributed by atoms with Crippen LogP contribution in [0.4, 0.5) is 0 Å². The molecule has 0 spiro atoms. The quantitative estimate of drug-likeness (QED) is 0.327. The van der Waals surface area contributed by atoms with E-state index in [1.165, 1.54) is 38.9 Å². The van der Waals surface area contributed by atoms with E-state index >= 15 is 0 Å². The summed E-state index contributed by atoms with van der Waals surface area (Å²) in [4.78, 5) is 4.54. The zero-order valence-corrected chi connectivity index (χ0v) is 19.5. The summed E-state index contributed by atoms with van der Waals surface area (Å²) >= 11 is 0. The largest absolute Gasteiger partial charge is 0.305 e. The predicted molar refractivity (Wildman–Crippen MR) is 137 cm³/mol. The van der Waals surface area contributed by atoms with Gasteiger partial charge in [0.2, 0.25) is 0 Å².